The van der Waals surface area contributed by atoms with E-state index in [0.717, 1.165) is 24.0 Å². The smallest absolute Gasteiger partial charge is 0.255 e. The van der Waals surface area contributed by atoms with Gasteiger partial charge >= 0.3 is 0 Å². The normalized spacial score (nSPS) is 23.7. The molecule has 5 rings (SSSR count). The number of halogens is 1. The van der Waals surface area contributed by atoms with E-state index >= 15 is 0 Å². The number of hydrogen-bond donors (Lipinski definition) is 2. The molecule has 0 radical (unpaired) electrons. The van der Waals surface area contributed by atoms with E-state index in [4.69, 9.17) is 16.4 Å². The zero-order valence-electron chi connectivity index (χ0n) is 19.7. The summed E-state index contributed by atoms with van der Waals surface area (Å²) in [5, 5.41) is 11.5. The number of carbonyl (C=O) groups excluding carboxylic acids is 2. The minimum atomic E-state index is -0.744. The Bertz CT molecular complexity index is 1220. The predicted octanol–water partition coefficient (Wildman–Crippen LogP) is 4.57. The van der Waals surface area contributed by atoms with Gasteiger partial charge in [0.2, 0.25) is 0 Å². The summed E-state index contributed by atoms with van der Waals surface area (Å²) in [5.74, 6) is -1.29. The van der Waals surface area contributed by atoms with E-state index in [0.29, 0.717) is 29.0 Å². The number of aliphatic hydroxyl groups is 1. The van der Waals surface area contributed by atoms with Crippen LogP contribution in [0.3, 0.4) is 0 Å². The molecular formula is C28H28ClN3O4. The van der Waals surface area contributed by atoms with Gasteiger partial charge in [0, 0.05) is 23.0 Å². The summed E-state index contributed by atoms with van der Waals surface area (Å²) in [6, 6.07) is 17.0. The van der Waals surface area contributed by atoms with Crippen LogP contribution in [0.2, 0.25) is 5.02 Å². The van der Waals surface area contributed by atoms with Crippen LogP contribution in [0.4, 0.5) is 0 Å². The Balaban J connectivity index is 1.54. The molecule has 8 heteroatoms. The van der Waals surface area contributed by atoms with E-state index in [9.17, 15) is 14.7 Å². The van der Waals surface area contributed by atoms with Gasteiger partial charge in [-0.15, -0.1) is 0 Å². The number of amides is 2. The third kappa shape index (κ3) is 4.87. The Morgan fingerprint density at radius 3 is 2.53 bits per heavy atom. The van der Waals surface area contributed by atoms with Crippen molar-refractivity contribution in [3.05, 3.63) is 100 Å². The second-order valence-electron chi connectivity index (χ2n) is 9.30. The molecule has 0 unspecified atom stereocenters. The fourth-order valence-electron chi connectivity index (χ4n) is 5.36. The van der Waals surface area contributed by atoms with E-state index in [1.54, 1.807) is 41.6 Å². The highest BCUT2D eigenvalue weighted by atomic mass is 35.5. The molecular weight excluding hydrogens is 478 g/mol. The van der Waals surface area contributed by atoms with Gasteiger partial charge in [0.1, 0.15) is 0 Å². The molecule has 1 aliphatic carbocycles. The number of nitrogens with zero attached hydrogens (tertiary/aromatic N) is 2. The Morgan fingerprint density at radius 1 is 1.06 bits per heavy atom. The number of nitrogens with one attached hydrogen (secondary N) is 1. The van der Waals surface area contributed by atoms with E-state index in [1.807, 2.05) is 36.4 Å². The Morgan fingerprint density at radius 2 is 1.78 bits per heavy atom. The summed E-state index contributed by atoms with van der Waals surface area (Å²) in [4.78, 5) is 38.9. The molecule has 1 aliphatic heterocycles. The minimum Gasteiger partial charge on any atom is -0.391 e. The van der Waals surface area contributed by atoms with Gasteiger partial charge in [-0.05, 0) is 59.9 Å². The molecule has 3 aromatic rings. The quantitative estimate of drug-likeness (QED) is 0.479. The zero-order chi connectivity index (χ0) is 25.1. The van der Waals surface area contributed by atoms with Gasteiger partial charge in [-0.3, -0.25) is 19.4 Å². The number of carbonyl (C=O) groups is 2. The topological polar surface area (TPSA) is 91.8 Å². The van der Waals surface area contributed by atoms with Gasteiger partial charge in [0.05, 0.1) is 30.7 Å². The number of fused-ring (bicyclic) bond motifs is 1. The fourth-order valence-corrected chi connectivity index (χ4v) is 5.49. The molecule has 2 heterocycles. The van der Waals surface area contributed by atoms with E-state index < -0.39 is 24.1 Å². The van der Waals surface area contributed by atoms with Gasteiger partial charge in [-0.2, -0.15) is 0 Å². The van der Waals surface area contributed by atoms with E-state index in [1.165, 1.54) is 0 Å². The van der Waals surface area contributed by atoms with Gasteiger partial charge in [-0.1, -0.05) is 54.8 Å². The second kappa shape index (κ2) is 10.8. The van der Waals surface area contributed by atoms with E-state index in [-0.39, 0.29) is 18.4 Å². The van der Waals surface area contributed by atoms with Crippen LogP contribution in [-0.4, -0.2) is 39.0 Å². The van der Waals surface area contributed by atoms with Crippen molar-refractivity contribution in [1.82, 2.24) is 15.4 Å². The second-order valence-corrected chi connectivity index (χ2v) is 9.74. The fraction of sp³-hybridized carbons (Fsp3) is 0.321. The lowest BCUT2D eigenvalue weighted by atomic mass is 9.77. The highest BCUT2D eigenvalue weighted by molar-refractivity contribution is 6.30. The number of rotatable bonds is 6. The Kier molecular flexibility index (Phi) is 7.32. The highest BCUT2D eigenvalue weighted by Gasteiger charge is 2.48. The lowest BCUT2D eigenvalue weighted by Gasteiger charge is -2.48. The number of hydrogen-bond acceptors (Lipinski definition) is 5. The standard InChI is InChI=1S/C28H28ClN3O4/c29-20-11-9-19(10-12-20)26-25(27(34)31-36-17-18-13-15-30-16-14-18)21-5-1-2-6-22(21)28(35)32(26)23-7-3-4-8-24(23)33/h1-2,5-6,9-16,23-26,33H,3-4,7-8,17H2,(H,31,34)/t23-,24-,25+,26-/m0/s1. The first-order chi connectivity index (χ1) is 17.5. The number of aliphatic hydroxyl groups excluding tert-OH is 1. The minimum absolute atomic E-state index is 0.179. The predicted molar refractivity (Wildman–Crippen MR) is 135 cm³/mol. The summed E-state index contributed by atoms with van der Waals surface area (Å²) >= 11 is 6.17. The van der Waals surface area contributed by atoms with E-state index in [2.05, 4.69) is 10.5 Å². The van der Waals surface area contributed by atoms with Crippen molar-refractivity contribution >= 4 is 23.4 Å². The molecule has 0 saturated heterocycles. The van der Waals surface area contributed by atoms with Gasteiger partial charge < -0.3 is 10.0 Å². The largest absolute Gasteiger partial charge is 0.391 e. The van der Waals surface area contributed by atoms with Crippen LogP contribution in [-0.2, 0) is 16.2 Å². The molecule has 2 N–H and O–H groups in total. The average Bonchev–Trinajstić information content (AvgIpc) is 2.90. The highest BCUT2D eigenvalue weighted by Crippen LogP contribution is 2.46. The maximum Gasteiger partial charge on any atom is 0.255 e. The molecule has 1 aromatic heterocycles. The summed E-state index contributed by atoms with van der Waals surface area (Å²) < 4.78 is 0. The van der Waals surface area contributed by atoms with Crippen LogP contribution >= 0.6 is 11.6 Å². The van der Waals surface area contributed by atoms with Crippen LogP contribution in [0.1, 0.15) is 64.7 Å². The number of benzene rings is 2. The van der Waals surface area contributed by atoms with Crippen LogP contribution < -0.4 is 5.48 Å². The van der Waals surface area contributed by atoms with Crippen LogP contribution in [0.25, 0.3) is 0 Å². The average molecular weight is 506 g/mol. The first-order valence-corrected chi connectivity index (χ1v) is 12.6. The molecule has 2 aliphatic rings. The lowest BCUT2D eigenvalue weighted by molar-refractivity contribution is -0.138. The van der Waals surface area contributed by atoms with Crippen LogP contribution in [0.5, 0.6) is 0 Å². The van der Waals surface area contributed by atoms with Crippen LogP contribution in [0, 0.1) is 0 Å². The summed E-state index contributed by atoms with van der Waals surface area (Å²) in [5.41, 5.74) is 5.36. The number of aromatic nitrogens is 1. The Labute approximate surface area is 215 Å². The van der Waals surface area contributed by atoms with Gasteiger partial charge in [0.15, 0.2) is 0 Å². The van der Waals surface area contributed by atoms with Crippen molar-refractivity contribution < 1.29 is 19.5 Å². The molecule has 0 spiro atoms. The van der Waals surface area contributed by atoms with Crippen molar-refractivity contribution in [3.8, 4) is 0 Å². The maximum absolute atomic E-state index is 13.9. The SMILES string of the molecule is O=C(NOCc1ccncc1)[C@@H]1c2ccccc2C(=O)N([C@H]2CCCC[C@@H]2O)[C@H]1c1ccc(Cl)cc1. The molecule has 1 fully saturated rings. The molecule has 1 saturated carbocycles. The molecule has 186 valence electrons. The zero-order valence-corrected chi connectivity index (χ0v) is 20.5. The van der Waals surface area contributed by atoms with Crippen molar-refractivity contribution in [2.75, 3.05) is 0 Å². The monoisotopic (exact) mass is 505 g/mol. The third-order valence-electron chi connectivity index (χ3n) is 7.08. The van der Waals surface area contributed by atoms with Crippen molar-refractivity contribution in [1.29, 1.82) is 0 Å². The van der Waals surface area contributed by atoms with Crippen molar-refractivity contribution in [2.45, 2.75) is 56.4 Å². The molecule has 4 atom stereocenters. The van der Waals surface area contributed by atoms with Gasteiger partial charge in [0.25, 0.3) is 11.8 Å². The van der Waals surface area contributed by atoms with Gasteiger partial charge in [-0.25, -0.2) is 5.48 Å². The summed E-state index contributed by atoms with van der Waals surface area (Å²) in [7, 11) is 0. The molecule has 2 amide bonds. The van der Waals surface area contributed by atoms with Crippen LogP contribution in [0.15, 0.2) is 73.1 Å². The summed E-state index contributed by atoms with van der Waals surface area (Å²) in [6.07, 6.45) is 5.78. The van der Waals surface area contributed by atoms with Crippen molar-refractivity contribution in [3.63, 3.8) is 0 Å². The number of hydroxylamine groups is 1. The molecule has 0 bridgehead atoms. The first-order valence-electron chi connectivity index (χ1n) is 12.2. The summed E-state index contributed by atoms with van der Waals surface area (Å²) in [6.45, 7) is 0.179. The molecule has 2 aromatic carbocycles. The molecule has 36 heavy (non-hydrogen) atoms. The molecule has 7 nitrogen and oxygen atoms in total. The Hall–Kier alpha value is -3.26. The van der Waals surface area contributed by atoms with Crippen molar-refractivity contribution in [2.24, 2.45) is 0 Å². The lowest BCUT2D eigenvalue weighted by Crippen LogP contribution is -2.55. The third-order valence-corrected chi connectivity index (χ3v) is 7.33. The maximum atomic E-state index is 13.9. The number of pyridine rings is 1. The first kappa shape index (κ1) is 24.4.